The zero-order valence-corrected chi connectivity index (χ0v) is 13.8. The van der Waals surface area contributed by atoms with Gasteiger partial charge >= 0.3 is 0 Å². The van der Waals surface area contributed by atoms with Gasteiger partial charge in [-0.3, -0.25) is 0 Å². The van der Waals surface area contributed by atoms with Gasteiger partial charge in [0, 0.05) is 32.1 Å². The molecule has 0 spiro atoms. The lowest BCUT2D eigenvalue weighted by Gasteiger charge is -2.12. The Balaban J connectivity index is 2.04. The number of hydrogen-bond acceptors (Lipinski definition) is 3. The monoisotopic (exact) mass is 315 g/mol. The zero-order chi connectivity index (χ0) is 16.3. The maximum atomic E-state index is 5.34. The number of imidazole rings is 1. The van der Waals surface area contributed by atoms with Crippen LogP contribution >= 0.6 is 0 Å². The molecule has 124 valence electrons. The number of nitrogens with one attached hydrogen (secondary N) is 2. The summed E-state index contributed by atoms with van der Waals surface area (Å²) in [5.74, 6) is 0.799. The van der Waals surface area contributed by atoms with Crippen LogP contribution in [-0.4, -0.2) is 41.8 Å². The molecular formula is C17H25N5O. The molecule has 6 heteroatoms. The lowest BCUT2D eigenvalue weighted by Crippen LogP contribution is -2.39. The fourth-order valence-corrected chi connectivity index (χ4v) is 2.19. The van der Waals surface area contributed by atoms with E-state index in [2.05, 4.69) is 39.7 Å². The Bertz CT molecular complexity index is 595. The van der Waals surface area contributed by atoms with Crippen LogP contribution in [0.25, 0.3) is 5.69 Å². The molecular weight excluding hydrogens is 290 g/mol. The summed E-state index contributed by atoms with van der Waals surface area (Å²) in [5.41, 5.74) is 2.24. The predicted molar refractivity (Wildman–Crippen MR) is 92.9 cm³/mol. The second kappa shape index (κ2) is 9.63. The molecule has 1 heterocycles. The van der Waals surface area contributed by atoms with Crippen LogP contribution in [-0.2, 0) is 11.3 Å². The molecule has 0 aliphatic rings. The molecule has 1 aromatic carbocycles. The van der Waals surface area contributed by atoms with Gasteiger partial charge in [0.15, 0.2) is 5.96 Å². The minimum atomic E-state index is 0.596. The molecule has 0 saturated heterocycles. The van der Waals surface area contributed by atoms with Crippen molar-refractivity contribution in [3.05, 3.63) is 48.5 Å². The Labute approximate surface area is 137 Å². The quantitative estimate of drug-likeness (QED) is 0.444. The van der Waals surface area contributed by atoms with Crippen molar-refractivity contribution in [1.82, 2.24) is 20.2 Å². The van der Waals surface area contributed by atoms with Gasteiger partial charge in [0.05, 0.1) is 25.2 Å². The molecule has 2 N–H and O–H groups in total. The van der Waals surface area contributed by atoms with Crippen LogP contribution in [0.3, 0.4) is 0 Å². The van der Waals surface area contributed by atoms with Crippen molar-refractivity contribution in [2.75, 3.05) is 26.3 Å². The molecule has 0 bridgehead atoms. The molecule has 0 saturated carbocycles. The standard InChI is InChI=1S/C17H25N5O/c1-3-19-17(20-10-12-23-4-2)21-13-15-7-5-6-8-16(15)22-11-9-18-14-22/h5-9,11,14H,3-4,10,12-13H2,1-2H3,(H2,19,20,21). The zero-order valence-electron chi connectivity index (χ0n) is 13.8. The Hall–Kier alpha value is -2.34. The molecule has 0 aliphatic carbocycles. The van der Waals surface area contributed by atoms with E-state index in [1.807, 2.05) is 29.8 Å². The second-order valence-electron chi connectivity index (χ2n) is 4.92. The molecule has 1 aromatic heterocycles. The Morgan fingerprint density at radius 3 is 2.87 bits per heavy atom. The first-order chi connectivity index (χ1) is 11.3. The van der Waals surface area contributed by atoms with E-state index in [4.69, 9.17) is 4.74 Å². The van der Waals surface area contributed by atoms with E-state index in [1.54, 1.807) is 12.5 Å². The molecule has 6 nitrogen and oxygen atoms in total. The van der Waals surface area contributed by atoms with Gasteiger partial charge in [-0.2, -0.15) is 0 Å². The van der Waals surface area contributed by atoms with E-state index in [9.17, 15) is 0 Å². The summed E-state index contributed by atoms with van der Waals surface area (Å²) >= 11 is 0. The summed E-state index contributed by atoms with van der Waals surface area (Å²) < 4.78 is 7.34. The van der Waals surface area contributed by atoms with Crippen molar-refractivity contribution in [1.29, 1.82) is 0 Å². The fourth-order valence-electron chi connectivity index (χ4n) is 2.19. The average molecular weight is 315 g/mol. The summed E-state index contributed by atoms with van der Waals surface area (Å²) in [4.78, 5) is 8.77. The van der Waals surface area contributed by atoms with Crippen molar-refractivity contribution in [3.8, 4) is 5.69 Å². The van der Waals surface area contributed by atoms with Crippen LogP contribution in [0.1, 0.15) is 19.4 Å². The SMILES string of the molecule is CCNC(=NCc1ccccc1-n1ccnc1)NCCOCC. The van der Waals surface area contributed by atoms with Gasteiger partial charge in [-0.05, 0) is 25.5 Å². The number of benzene rings is 1. The minimum Gasteiger partial charge on any atom is -0.380 e. The van der Waals surface area contributed by atoms with E-state index >= 15 is 0 Å². The normalized spacial score (nSPS) is 11.5. The van der Waals surface area contributed by atoms with Gasteiger partial charge in [0.1, 0.15) is 0 Å². The minimum absolute atomic E-state index is 0.596. The smallest absolute Gasteiger partial charge is 0.191 e. The van der Waals surface area contributed by atoms with Gasteiger partial charge in [0.25, 0.3) is 0 Å². The van der Waals surface area contributed by atoms with Crippen molar-refractivity contribution in [2.24, 2.45) is 4.99 Å². The van der Waals surface area contributed by atoms with Gasteiger partial charge in [0.2, 0.25) is 0 Å². The number of guanidine groups is 1. The highest BCUT2D eigenvalue weighted by molar-refractivity contribution is 5.79. The van der Waals surface area contributed by atoms with Gasteiger partial charge in [-0.25, -0.2) is 9.98 Å². The fraction of sp³-hybridized carbons (Fsp3) is 0.412. The van der Waals surface area contributed by atoms with Gasteiger partial charge in [-0.1, -0.05) is 18.2 Å². The van der Waals surface area contributed by atoms with Crippen LogP contribution in [0.5, 0.6) is 0 Å². The number of hydrogen-bond donors (Lipinski definition) is 2. The lowest BCUT2D eigenvalue weighted by molar-refractivity contribution is 0.152. The Morgan fingerprint density at radius 1 is 1.26 bits per heavy atom. The summed E-state index contributed by atoms with van der Waals surface area (Å²) in [6.07, 6.45) is 5.52. The number of rotatable bonds is 8. The van der Waals surface area contributed by atoms with Crippen molar-refractivity contribution < 1.29 is 4.74 Å². The highest BCUT2D eigenvalue weighted by atomic mass is 16.5. The highest BCUT2D eigenvalue weighted by Crippen LogP contribution is 2.14. The molecule has 2 rings (SSSR count). The number of aliphatic imine (C=N–C) groups is 1. The molecule has 0 unspecified atom stereocenters. The van der Waals surface area contributed by atoms with E-state index in [0.29, 0.717) is 13.2 Å². The van der Waals surface area contributed by atoms with E-state index in [0.717, 1.165) is 36.9 Å². The van der Waals surface area contributed by atoms with Crippen LogP contribution in [0.4, 0.5) is 0 Å². The molecule has 23 heavy (non-hydrogen) atoms. The van der Waals surface area contributed by atoms with Gasteiger partial charge < -0.3 is 19.9 Å². The third-order valence-corrected chi connectivity index (χ3v) is 3.27. The molecule has 2 aromatic rings. The van der Waals surface area contributed by atoms with Crippen LogP contribution < -0.4 is 10.6 Å². The second-order valence-corrected chi connectivity index (χ2v) is 4.92. The maximum absolute atomic E-state index is 5.34. The first kappa shape index (κ1) is 17.0. The first-order valence-electron chi connectivity index (χ1n) is 8.01. The third-order valence-electron chi connectivity index (χ3n) is 3.27. The summed E-state index contributed by atoms with van der Waals surface area (Å²) in [5, 5.41) is 6.52. The number of para-hydroxylation sites is 1. The largest absolute Gasteiger partial charge is 0.380 e. The van der Waals surface area contributed by atoms with E-state index in [-0.39, 0.29) is 0 Å². The van der Waals surface area contributed by atoms with Gasteiger partial charge in [-0.15, -0.1) is 0 Å². The number of aromatic nitrogens is 2. The molecule has 0 aliphatic heterocycles. The van der Waals surface area contributed by atoms with Crippen molar-refractivity contribution in [3.63, 3.8) is 0 Å². The summed E-state index contributed by atoms with van der Waals surface area (Å²) in [6, 6.07) is 8.21. The topological polar surface area (TPSA) is 63.5 Å². The summed E-state index contributed by atoms with van der Waals surface area (Å²) in [6.45, 7) is 7.61. The average Bonchev–Trinajstić information content (AvgIpc) is 3.11. The maximum Gasteiger partial charge on any atom is 0.191 e. The molecule has 0 fully saturated rings. The first-order valence-corrected chi connectivity index (χ1v) is 8.01. The van der Waals surface area contributed by atoms with Crippen molar-refractivity contribution >= 4 is 5.96 Å². The van der Waals surface area contributed by atoms with Crippen molar-refractivity contribution in [2.45, 2.75) is 20.4 Å². The van der Waals surface area contributed by atoms with E-state index in [1.165, 1.54) is 0 Å². The summed E-state index contributed by atoms with van der Waals surface area (Å²) in [7, 11) is 0. The van der Waals surface area contributed by atoms with Crippen LogP contribution in [0.2, 0.25) is 0 Å². The lowest BCUT2D eigenvalue weighted by atomic mass is 10.2. The third kappa shape index (κ3) is 5.41. The molecule has 0 amide bonds. The highest BCUT2D eigenvalue weighted by Gasteiger charge is 2.04. The van der Waals surface area contributed by atoms with E-state index < -0.39 is 0 Å². The Morgan fingerprint density at radius 2 is 2.13 bits per heavy atom. The number of ether oxygens (including phenoxy) is 1. The van der Waals surface area contributed by atoms with Crippen LogP contribution in [0, 0.1) is 0 Å². The number of nitrogens with zero attached hydrogens (tertiary/aromatic N) is 3. The molecule has 0 radical (unpaired) electrons. The molecule has 0 atom stereocenters. The Kier molecular flexibility index (Phi) is 7.13. The van der Waals surface area contributed by atoms with Crippen LogP contribution in [0.15, 0.2) is 48.0 Å². The predicted octanol–water partition coefficient (Wildman–Crippen LogP) is 1.96.